The molecule has 7 nitrogen and oxygen atoms in total. The number of nitrogens with one attached hydrogen (secondary N) is 1. The molecule has 3 aromatic rings. The van der Waals surface area contributed by atoms with E-state index in [0.717, 1.165) is 25.6 Å². The molecule has 0 radical (unpaired) electrons. The Balaban J connectivity index is 1.72. The van der Waals surface area contributed by atoms with Gasteiger partial charge in [-0.25, -0.2) is 13.4 Å². The number of hydrogen-bond acceptors (Lipinski definition) is 6. The molecule has 9 heteroatoms. The third kappa shape index (κ3) is 4.52. The van der Waals surface area contributed by atoms with Crippen molar-refractivity contribution in [2.45, 2.75) is 25.7 Å². The minimum atomic E-state index is -3.86. The fourth-order valence-corrected chi connectivity index (χ4v) is 5.10. The summed E-state index contributed by atoms with van der Waals surface area (Å²) in [5, 5.41) is 3.10. The van der Waals surface area contributed by atoms with Gasteiger partial charge in [-0.3, -0.25) is 9.59 Å². The first-order chi connectivity index (χ1) is 13.6. The van der Waals surface area contributed by atoms with Gasteiger partial charge in [0.15, 0.2) is 10.9 Å². The van der Waals surface area contributed by atoms with Crippen LogP contribution >= 0.6 is 11.3 Å². The Morgan fingerprint density at radius 2 is 1.79 bits per heavy atom. The number of hydrogen-bond donors (Lipinski definition) is 1. The molecule has 0 bridgehead atoms. The molecule has 3 rings (SSSR count). The first kappa shape index (κ1) is 21.1. The van der Waals surface area contributed by atoms with E-state index in [9.17, 15) is 18.0 Å². The van der Waals surface area contributed by atoms with Crippen molar-refractivity contribution in [3.05, 3.63) is 53.1 Å². The fourth-order valence-electron chi connectivity index (χ4n) is 2.91. The summed E-state index contributed by atoms with van der Waals surface area (Å²) in [6.07, 6.45) is 0. The molecule has 1 aromatic heterocycles. The Morgan fingerprint density at radius 3 is 2.41 bits per heavy atom. The van der Waals surface area contributed by atoms with E-state index < -0.39 is 15.9 Å². The number of aromatic nitrogens is 1. The number of carbonyl (C=O) groups is 2. The molecule has 0 saturated carbocycles. The van der Waals surface area contributed by atoms with Crippen molar-refractivity contribution in [3.63, 3.8) is 0 Å². The highest BCUT2D eigenvalue weighted by Gasteiger charge is 2.23. The summed E-state index contributed by atoms with van der Waals surface area (Å²) in [6, 6.07) is 9.64. The van der Waals surface area contributed by atoms with Gasteiger partial charge >= 0.3 is 0 Å². The third-order valence-corrected chi connectivity index (χ3v) is 7.15. The normalized spacial score (nSPS) is 11.8. The van der Waals surface area contributed by atoms with Gasteiger partial charge in [-0.2, -0.15) is 4.31 Å². The maximum Gasteiger partial charge on any atom is 0.243 e. The van der Waals surface area contributed by atoms with Crippen LogP contribution in [-0.4, -0.2) is 43.0 Å². The molecule has 152 valence electrons. The van der Waals surface area contributed by atoms with Crippen LogP contribution in [0.15, 0.2) is 41.3 Å². The second-order valence-electron chi connectivity index (χ2n) is 6.84. The first-order valence-corrected chi connectivity index (χ1v) is 11.1. The second-order valence-corrected chi connectivity index (χ2v) is 9.91. The minimum Gasteiger partial charge on any atom is -0.301 e. The SMILES string of the molecule is CC(=O)c1ccc(S(=O)(=O)N(C)CC(=O)Nc2nc3c(C)cc(C)cc3s2)cc1. The predicted molar refractivity (Wildman–Crippen MR) is 114 cm³/mol. The number of carbonyl (C=O) groups excluding carboxylic acids is 2. The highest BCUT2D eigenvalue weighted by atomic mass is 32.2. The Kier molecular flexibility index (Phi) is 5.83. The van der Waals surface area contributed by atoms with E-state index in [2.05, 4.69) is 10.3 Å². The van der Waals surface area contributed by atoms with E-state index in [1.807, 2.05) is 26.0 Å². The van der Waals surface area contributed by atoms with Gasteiger partial charge in [-0.15, -0.1) is 0 Å². The lowest BCUT2D eigenvalue weighted by Crippen LogP contribution is -2.34. The van der Waals surface area contributed by atoms with Gasteiger partial charge in [0.25, 0.3) is 0 Å². The zero-order valence-electron chi connectivity index (χ0n) is 16.5. The number of benzene rings is 2. The number of sulfonamides is 1. The zero-order chi connectivity index (χ0) is 21.3. The van der Waals surface area contributed by atoms with Crippen LogP contribution in [-0.2, 0) is 14.8 Å². The molecule has 0 aliphatic rings. The molecule has 0 aliphatic carbocycles. The van der Waals surface area contributed by atoms with Gasteiger partial charge in [0.1, 0.15) is 0 Å². The molecule has 0 aliphatic heterocycles. The molecule has 0 fully saturated rings. The summed E-state index contributed by atoms with van der Waals surface area (Å²) in [4.78, 5) is 28.2. The van der Waals surface area contributed by atoms with E-state index in [1.165, 1.54) is 49.6 Å². The largest absolute Gasteiger partial charge is 0.301 e. The number of ketones is 1. The summed E-state index contributed by atoms with van der Waals surface area (Å²) < 4.78 is 27.3. The maximum absolute atomic E-state index is 12.7. The smallest absolute Gasteiger partial charge is 0.243 e. The van der Waals surface area contributed by atoms with Crippen LogP contribution < -0.4 is 5.32 Å². The molecule has 1 N–H and O–H groups in total. The van der Waals surface area contributed by atoms with Gasteiger partial charge in [0.05, 0.1) is 21.7 Å². The summed E-state index contributed by atoms with van der Waals surface area (Å²) in [5.41, 5.74) is 3.37. The third-order valence-electron chi connectivity index (χ3n) is 4.41. The van der Waals surface area contributed by atoms with Crippen molar-refractivity contribution in [2.75, 3.05) is 18.9 Å². The average molecular weight is 432 g/mol. The van der Waals surface area contributed by atoms with Crippen molar-refractivity contribution in [1.29, 1.82) is 0 Å². The molecule has 0 spiro atoms. The topological polar surface area (TPSA) is 96.4 Å². The van der Waals surface area contributed by atoms with E-state index in [-0.39, 0.29) is 17.2 Å². The summed E-state index contributed by atoms with van der Waals surface area (Å²) in [5.74, 6) is -0.632. The number of likely N-dealkylation sites (N-methyl/N-ethyl adjacent to an activating group) is 1. The van der Waals surface area contributed by atoms with Crippen molar-refractivity contribution in [3.8, 4) is 0 Å². The van der Waals surface area contributed by atoms with Gasteiger partial charge in [-0.05, 0) is 50.1 Å². The maximum atomic E-state index is 12.7. The van der Waals surface area contributed by atoms with Crippen LogP contribution in [0, 0.1) is 13.8 Å². The number of thiazole rings is 1. The van der Waals surface area contributed by atoms with Crippen LogP contribution in [0.3, 0.4) is 0 Å². The average Bonchev–Trinajstić information content (AvgIpc) is 3.04. The molecule has 0 unspecified atom stereocenters. The number of fused-ring (bicyclic) bond motifs is 1. The van der Waals surface area contributed by atoms with Gasteiger partial charge in [0.2, 0.25) is 15.9 Å². The van der Waals surface area contributed by atoms with E-state index >= 15 is 0 Å². The Bertz CT molecular complexity index is 1200. The van der Waals surface area contributed by atoms with Crippen LogP contribution in [0.4, 0.5) is 5.13 Å². The molecular weight excluding hydrogens is 410 g/mol. The summed E-state index contributed by atoms with van der Waals surface area (Å²) in [6.45, 7) is 5.00. The Labute approximate surface area is 173 Å². The van der Waals surface area contributed by atoms with Crippen LogP contribution in [0.25, 0.3) is 10.2 Å². The molecule has 2 aromatic carbocycles. The molecule has 29 heavy (non-hydrogen) atoms. The van der Waals surface area contributed by atoms with E-state index in [1.54, 1.807) is 0 Å². The standard InChI is InChI=1S/C20H21N3O4S2/c1-12-9-13(2)19-17(10-12)28-20(22-19)21-18(25)11-23(4)29(26,27)16-7-5-15(6-8-16)14(3)24/h5-10H,11H2,1-4H3,(H,21,22,25). The number of nitrogens with zero attached hydrogens (tertiary/aromatic N) is 2. The predicted octanol–water partition coefficient (Wildman–Crippen LogP) is 3.37. The lowest BCUT2D eigenvalue weighted by atomic mass is 10.1. The second kappa shape index (κ2) is 8.02. The molecule has 0 saturated heterocycles. The Morgan fingerprint density at radius 1 is 1.14 bits per heavy atom. The molecular formula is C20H21N3O4S2. The van der Waals surface area contributed by atoms with Crippen LogP contribution in [0.2, 0.25) is 0 Å². The number of aryl methyl sites for hydroxylation is 2. The van der Waals surface area contributed by atoms with Gasteiger partial charge in [-0.1, -0.05) is 29.5 Å². The highest BCUT2D eigenvalue weighted by Crippen LogP contribution is 2.29. The van der Waals surface area contributed by atoms with Gasteiger partial charge < -0.3 is 5.32 Å². The number of rotatable bonds is 6. The minimum absolute atomic E-state index is 0.0175. The zero-order valence-corrected chi connectivity index (χ0v) is 18.1. The monoisotopic (exact) mass is 431 g/mol. The van der Waals surface area contributed by atoms with Crippen LogP contribution in [0.1, 0.15) is 28.4 Å². The van der Waals surface area contributed by atoms with E-state index in [0.29, 0.717) is 10.7 Å². The van der Waals surface area contributed by atoms with Crippen molar-refractivity contribution >= 4 is 48.4 Å². The van der Waals surface area contributed by atoms with Crippen molar-refractivity contribution in [1.82, 2.24) is 9.29 Å². The van der Waals surface area contributed by atoms with Gasteiger partial charge in [0, 0.05) is 12.6 Å². The lowest BCUT2D eigenvalue weighted by Gasteiger charge is -2.16. The van der Waals surface area contributed by atoms with Crippen LogP contribution in [0.5, 0.6) is 0 Å². The lowest BCUT2D eigenvalue weighted by molar-refractivity contribution is -0.116. The van der Waals surface area contributed by atoms with Crippen molar-refractivity contribution in [2.24, 2.45) is 0 Å². The quantitative estimate of drug-likeness (QED) is 0.604. The number of anilines is 1. The summed E-state index contributed by atoms with van der Waals surface area (Å²) >= 11 is 1.35. The summed E-state index contributed by atoms with van der Waals surface area (Å²) in [7, 11) is -2.53. The number of amides is 1. The van der Waals surface area contributed by atoms with E-state index in [4.69, 9.17) is 0 Å². The Hall–Kier alpha value is -2.62. The molecule has 0 atom stereocenters. The first-order valence-electron chi connectivity index (χ1n) is 8.83. The highest BCUT2D eigenvalue weighted by molar-refractivity contribution is 7.89. The molecule has 1 heterocycles. The van der Waals surface area contributed by atoms with Crippen molar-refractivity contribution < 1.29 is 18.0 Å². The fraction of sp³-hybridized carbons (Fsp3) is 0.250. The number of Topliss-reactive ketones (excluding diaryl/α,β-unsaturated/α-hetero) is 1. The molecule has 1 amide bonds.